The lowest BCUT2D eigenvalue weighted by Gasteiger charge is -2.27. The van der Waals surface area contributed by atoms with Gasteiger partial charge in [0.1, 0.15) is 0 Å². The van der Waals surface area contributed by atoms with Gasteiger partial charge in [-0.25, -0.2) is 0 Å². The maximum atomic E-state index is 4.92. The van der Waals surface area contributed by atoms with Gasteiger partial charge in [0, 0.05) is 32.2 Å². The smallest absolute Gasteiger partial charge is 0.193 e. The highest BCUT2D eigenvalue weighted by atomic mass is 15.3. The summed E-state index contributed by atoms with van der Waals surface area (Å²) < 4.78 is 0. The maximum Gasteiger partial charge on any atom is 0.193 e. The van der Waals surface area contributed by atoms with Crippen LogP contribution >= 0.6 is 0 Å². The first-order chi connectivity index (χ1) is 12.8. The van der Waals surface area contributed by atoms with Crippen LogP contribution in [0, 0.1) is 0 Å². The van der Waals surface area contributed by atoms with Crippen molar-refractivity contribution in [3.05, 3.63) is 0 Å². The van der Waals surface area contributed by atoms with Gasteiger partial charge in [-0.05, 0) is 71.8 Å². The van der Waals surface area contributed by atoms with Crippen LogP contribution in [0.15, 0.2) is 4.99 Å². The lowest BCUT2D eigenvalue weighted by atomic mass is 10.1. The molecule has 2 aliphatic heterocycles. The molecule has 1 N–H and O–H groups in total. The number of likely N-dealkylation sites (N-methyl/N-ethyl adjacent to an activating group) is 1. The fourth-order valence-corrected chi connectivity index (χ4v) is 4.39. The summed E-state index contributed by atoms with van der Waals surface area (Å²) in [6.45, 7) is 17.2. The summed E-state index contributed by atoms with van der Waals surface area (Å²) in [6.07, 6.45) is 9.37. The number of rotatable bonds is 10. The third kappa shape index (κ3) is 7.07. The van der Waals surface area contributed by atoms with Crippen molar-refractivity contribution in [2.45, 2.75) is 71.8 Å². The Hall–Kier alpha value is -0.810. The average molecular weight is 366 g/mol. The molecular formula is C21H43N5. The van der Waals surface area contributed by atoms with E-state index >= 15 is 0 Å². The van der Waals surface area contributed by atoms with Gasteiger partial charge in [0.05, 0.1) is 0 Å². The van der Waals surface area contributed by atoms with E-state index in [0.717, 1.165) is 45.2 Å². The molecule has 152 valence electrons. The minimum Gasteiger partial charge on any atom is -0.357 e. The topological polar surface area (TPSA) is 34.1 Å². The normalized spacial score (nSPS) is 22.4. The number of piperidine rings is 1. The van der Waals surface area contributed by atoms with Gasteiger partial charge in [0.15, 0.2) is 5.96 Å². The van der Waals surface area contributed by atoms with Crippen LogP contribution in [0.5, 0.6) is 0 Å². The van der Waals surface area contributed by atoms with Gasteiger partial charge in [-0.3, -0.25) is 9.89 Å². The summed E-state index contributed by atoms with van der Waals surface area (Å²) in [5, 5.41) is 3.51. The lowest BCUT2D eigenvalue weighted by molar-refractivity contribution is 0.223. The van der Waals surface area contributed by atoms with Crippen LogP contribution in [-0.2, 0) is 0 Å². The fraction of sp³-hybridized carbons (Fsp3) is 0.952. The molecule has 0 aromatic heterocycles. The standard InChI is InChI=1S/C21H43N5/c1-4-22-21(26-18-13-20(19-26)25(5-2)6-3)23-14-9-7-10-15-24-16-11-8-12-17-24/h20H,4-19H2,1-3H3,(H,22,23). The number of likely N-dealkylation sites (tertiary alicyclic amines) is 2. The third-order valence-electron chi connectivity index (χ3n) is 5.97. The Morgan fingerprint density at radius 3 is 2.46 bits per heavy atom. The molecular weight excluding hydrogens is 322 g/mol. The molecule has 0 bridgehead atoms. The van der Waals surface area contributed by atoms with E-state index in [1.807, 2.05) is 0 Å². The number of hydrogen-bond donors (Lipinski definition) is 1. The Bertz CT molecular complexity index is 388. The van der Waals surface area contributed by atoms with Crippen LogP contribution in [0.3, 0.4) is 0 Å². The van der Waals surface area contributed by atoms with E-state index in [0.29, 0.717) is 6.04 Å². The molecule has 0 aromatic rings. The van der Waals surface area contributed by atoms with E-state index in [4.69, 9.17) is 4.99 Å². The SMILES string of the molecule is CCNC(=NCCCCCN1CCCCC1)N1CCC(N(CC)CC)C1. The zero-order valence-electron chi connectivity index (χ0n) is 17.7. The van der Waals surface area contributed by atoms with Crippen molar-refractivity contribution in [2.75, 3.05) is 58.9 Å². The Kier molecular flexibility index (Phi) is 10.4. The second-order valence-corrected chi connectivity index (χ2v) is 7.81. The summed E-state index contributed by atoms with van der Waals surface area (Å²) in [4.78, 5) is 12.6. The second-order valence-electron chi connectivity index (χ2n) is 7.81. The highest BCUT2D eigenvalue weighted by Crippen LogP contribution is 2.16. The number of guanidine groups is 1. The zero-order chi connectivity index (χ0) is 18.6. The van der Waals surface area contributed by atoms with Crippen LogP contribution in [0.2, 0.25) is 0 Å². The molecule has 2 saturated heterocycles. The van der Waals surface area contributed by atoms with Gasteiger partial charge in [0.25, 0.3) is 0 Å². The number of aliphatic imine (C=N–C) groups is 1. The number of hydrogen-bond acceptors (Lipinski definition) is 3. The Labute approximate surface area is 162 Å². The molecule has 0 saturated carbocycles. The number of nitrogens with one attached hydrogen (secondary N) is 1. The summed E-state index contributed by atoms with van der Waals surface area (Å²) in [5.41, 5.74) is 0. The number of nitrogens with zero attached hydrogens (tertiary/aromatic N) is 4. The summed E-state index contributed by atoms with van der Waals surface area (Å²) in [6, 6.07) is 0.693. The van der Waals surface area contributed by atoms with Crippen LogP contribution in [-0.4, -0.2) is 85.6 Å². The maximum absolute atomic E-state index is 4.92. The molecule has 5 heteroatoms. The molecule has 5 nitrogen and oxygen atoms in total. The molecule has 1 unspecified atom stereocenters. The van der Waals surface area contributed by atoms with Gasteiger partial charge in [-0.1, -0.05) is 26.7 Å². The van der Waals surface area contributed by atoms with Crippen LogP contribution < -0.4 is 5.32 Å². The Morgan fingerprint density at radius 2 is 1.77 bits per heavy atom. The number of unbranched alkanes of at least 4 members (excludes halogenated alkanes) is 2. The average Bonchev–Trinajstić information content (AvgIpc) is 3.15. The second kappa shape index (κ2) is 12.6. The Balaban J connectivity index is 1.67. The minimum absolute atomic E-state index is 0.693. The quantitative estimate of drug-likeness (QED) is 0.367. The van der Waals surface area contributed by atoms with Crippen molar-refractivity contribution < 1.29 is 0 Å². The Morgan fingerprint density at radius 1 is 1.00 bits per heavy atom. The molecule has 2 heterocycles. The van der Waals surface area contributed by atoms with Gasteiger partial charge in [-0.2, -0.15) is 0 Å². The van der Waals surface area contributed by atoms with E-state index < -0.39 is 0 Å². The first-order valence-electron chi connectivity index (χ1n) is 11.3. The van der Waals surface area contributed by atoms with E-state index in [1.54, 1.807) is 0 Å². The van der Waals surface area contributed by atoms with E-state index in [-0.39, 0.29) is 0 Å². The first kappa shape index (κ1) is 21.5. The van der Waals surface area contributed by atoms with Gasteiger partial charge >= 0.3 is 0 Å². The molecule has 0 amide bonds. The molecule has 0 radical (unpaired) electrons. The molecule has 2 aliphatic rings. The van der Waals surface area contributed by atoms with Crippen molar-refractivity contribution in [1.29, 1.82) is 0 Å². The van der Waals surface area contributed by atoms with Gasteiger partial charge in [0.2, 0.25) is 0 Å². The summed E-state index contributed by atoms with van der Waals surface area (Å²) >= 11 is 0. The molecule has 0 spiro atoms. The van der Waals surface area contributed by atoms with Crippen LogP contribution in [0.1, 0.15) is 65.7 Å². The van der Waals surface area contributed by atoms with Crippen molar-refractivity contribution >= 4 is 5.96 Å². The largest absolute Gasteiger partial charge is 0.357 e. The van der Waals surface area contributed by atoms with Crippen molar-refractivity contribution in [3.8, 4) is 0 Å². The van der Waals surface area contributed by atoms with Crippen molar-refractivity contribution in [3.63, 3.8) is 0 Å². The first-order valence-corrected chi connectivity index (χ1v) is 11.3. The zero-order valence-corrected chi connectivity index (χ0v) is 17.7. The molecule has 2 rings (SSSR count). The molecule has 26 heavy (non-hydrogen) atoms. The third-order valence-corrected chi connectivity index (χ3v) is 5.97. The lowest BCUT2D eigenvalue weighted by Crippen LogP contribution is -2.43. The highest BCUT2D eigenvalue weighted by molar-refractivity contribution is 5.80. The minimum atomic E-state index is 0.693. The predicted molar refractivity (Wildman–Crippen MR) is 113 cm³/mol. The van der Waals surface area contributed by atoms with Gasteiger partial charge < -0.3 is 15.1 Å². The van der Waals surface area contributed by atoms with Gasteiger partial charge in [-0.15, -0.1) is 0 Å². The molecule has 0 aromatic carbocycles. The fourth-order valence-electron chi connectivity index (χ4n) is 4.39. The van der Waals surface area contributed by atoms with E-state index in [1.165, 1.54) is 64.6 Å². The summed E-state index contributed by atoms with van der Waals surface area (Å²) in [7, 11) is 0. The van der Waals surface area contributed by atoms with Crippen LogP contribution in [0.4, 0.5) is 0 Å². The highest BCUT2D eigenvalue weighted by Gasteiger charge is 2.27. The van der Waals surface area contributed by atoms with E-state index in [2.05, 4.69) is 40.8 Å². The monoisotopic (exact) mass is 365 g/mol. The predicted octanol–water partition coefficient (Wildman–Crippen LogP) is 3.02. The molecule has 0 aliphatic carbocycles. The van der Waals surface area contributed by atoms with Crippen molar-refractivity contribution in [1.82, 2.24) is 20.0 Å². The van der Waals surface area contributed by atoms with E-state index in [9.17, 15) is 0 Å². The molecule has 1 atom stereocenters. The summed E-state index contributed by atoms with van der Waals surface area (Å²) in [5.74, 6) is 1.14. The van der Waals surface area contributed by atoms with Crippen molar-refractivity contribution in [2.24, 2.45) is 4.99 Å². The van der Waals surface area contributed by atoms with Crippen LogP contribution in [0.25, 0.3) is 0 Å². The molecule has 2 fully saturated rings.